The lowest BCUT2D eigenvalue weighted by molar-refractivity contribution is -0.139. The number of rotatable bonds is 4. The Balaban J connectivity index is 2.67. The zero-order valence-corrected chi connectivity index (χ0v) is 13.2. The number of hydrogen-bond acceptors (Lipinski definition) is 3. The molecule has 1 heterocycles. The van der Waals surface area contributed by atoms with Gasteiger partial charge in [0.15, 0.2) is 0 Å². The van der Waals surface area contributed by atoms with E-state index in [1.807, 2.05) is 4.90 Å². The zero-order chi connectivity index (χ0) is 15.3. The van der Waals surface area contributed by atoms with Crippen LogP contribution in [-0.4, -0.2) is 43.4 Å². The molecule has 0 bridgehead atoms. The smallest absolute Gasteiger partial charge is 0.226 e. The molecule has 1 fully saturated rings. The minimum absolute atomic E-state index is 0.0302. The Bertz CT molecular complexity index is 350. The maximum Gasteiger partial charge on any atom is 0.226 e. The molecule has 0 radical (unpaired) electrons. The van der Waals surface area contributed by atoms with Crippen LogP contribution in [0.5, 0.6) is 0 Å². The maximum absolute atomic E-state index is 12.6. The van der Waals surface area contributed by atoms with Gasteiger partial charge in [-0.25, -0.2) is 0 Å². The Kier molecular flexibility index (Phi) is 5.99. The van der Waals surface area contributed by atoms with Gasteiger partial charge in [0.25, 0.3) is 0 Å². The molecule has 116 valence electrons. The predicted molar refractivity (Wildman–Crippen MR) is 80.0 cm³/mol. The second-order valence-electron chi connectivity index (χ2n) is 6.94. The van der Waals surface area contributed by atoms with Crippen molar-refractivity contribution in [3.8, 4) is 0 Å². The van der Waals surface area contributed by atoms with Gasteiger partial charge in [0, 0.05) is 26.7 Å². The molecule has 0 aromatic heterocycles. The van der Waals surface area contributed by atoms with Crippen LogP contribution in [0.3, 0.4) is 0 Å². The van der Waals surface area contributed by atoms with Gasteiger partial charge in [0.05, 0.1) is 11.8 Å². The van der Waals surface area contributed by atoms with Gasteiger partial charge >= 0.3 is 0 Å². The Labute approximate surface area is 122 Å². The molecule has 0 aromatic carbocycles. The fraction of sp³-hybridized carbons (Fsp3) is 0.867. The van der Waals surface area contributed by atoms with E-state index in [9.17, 15) is 9.59 Å². The van der Waals surface area contributed by atoms with Crippen LogP contribution in [0.25, 0.3) is 0 Å². The van der Waals surface area contributed by atoms with Crippen molar-refractivity contribution in [2.45, 2.75) is 40.0 Å². The molecule has 0 aromatic rings. The number of nitrogens with two attached hydrogens (primary N) is 1. The van der Waals surface area contributed by atoms with E-state index in [-0.39, 0.29) is 29.1 Å². The van der Waals surface area contributed by atoms with Crippen LogP contribution >= 0.6 is 0 Å². The maximum atomic E-state index is 12.6. The van der Waals surface area contributed by atoms with Crippen molar-refractivity contribution in [1.82, 2.24) is 10.2 Å². The number of piperidine rings is 1. The highest BCUT2D eigenvalue weighted by Crippen LogP contribution is 2.26. The molecule has 0 aliphatic carbocycles. The van der Waals surface area contributed by atoms with E-state index >= 15 is 0 Å². The molecule has 2 atom stereocenters. The van der Waals surface area contributed by atoms with Crippen LogP contribution in [0.2, 0.25) is 0 Å². The minimum Gasteiger partial charge on any atom is -0.359 e. The summed E-state index contributed by atoms with van der Waals surface area (Å²) in [5.74, 6) is -0.0807. The Hall–Kier alpha value is -1.10. The Morgan fingerprint density at radius 2 is 2.05 bits per heavy atom. The average molecular weight is 283 g/mol. The quantitative estimate of drug-likeness (QED) is 0.807. The van der Waals surface area contributed by atoms with E-state index < -0.39 is 0 Å². The summed E-state index contributed by atoms with van der Waals surface area (Å²) in [6.07, 6.45) is 2.52. The van der Waals surface area contributed by atoms with E-state index in [0.717, 1.165) is 25.8 Å². The molecule has 1 aliphatic heterocycles. The molecular weight excluding hydrogens is 254 g/mol. The zero-order valence-electron chi connectivity index (χ0n) is 13.2. The Morgan fingerprint density at radius 3 is 2.55 bits per heavy atom. The van der Waals surface area contributed by atoms with E-state index in [1.54, 1.807) is 7.05 Å². The molecule has 1 saturated heterocycles. The van der Waals surface area contributed by atoms with Gasteiger partial charge in [0.2, 0.25) is 11.8 Å². The molecule has 1 aliphatic rings. The lowest BCUT2D eigenvalue weighted by Gasteiger charge is -2.35. The van der Waals surface area contributed by atoms with Crippen LogP contribution in [0.4, 0.5) is 0 Å². The van der Waals surface area contributed by atoms with Crippen molar-refractivity contribution in [1.29, 1.82) is 0 Å². The highest BCUT2D eigenvalue weighted by Gasteiger charge is 2.32. The second-order valence-corrected chi connectivity index (χ2v) is 6.94. The first-order chi connectivity index (χ1) is 9.28. The van der Waals surface area contributed by atoms with Gasteiger partial charge in [-0.2, -0.15) is 0 Å². The van der Waals surface area contributed by atoms with Crippen molar-refractivity contribution in [2.75, 3.05) is 26.7 Å². The predicted octanol–water partition coefficient (Wildman–Crippen LogP) is 0.982. The average Bonchev–Trinajstić information content (AvgIpc) is 2.42. The van der Waals surface area contributed by atoms with Gasteiger partial charge in [-0.3, -0.25) is 9.59 Å². The van der Waals surface area contributed by atoms with Crippen LogP contribution in [0, 0.1) is 17.3 Å². The summed E-state index contributed by atoms with van der Waals surface area (Å²) in [4.78, 5) is 26.1. The molecule has 0 saturated carbocycles. The van der Waals surface area contributed by atoms with Crippen LogP contribution in [0.1, 0.15) is 40.0 Å². The third-order valence-electron chi connectivity index (χ3n) is 3.84. The molecule has 2 amide bonds. The lowest BCUT2D eigenvalue weighted by Crippen LogP contribution is -2.48. The topological polar surface area (TPSA) is 75.4 Å². The van der Waals surface area contributed by atoms with Gasteiger partial charge in [0.1, 0.15) is 0 Å². The van der Waals surface area contributed by atoms with E-state index in [4.69, 9.17) is 5.73 Å². The third kappa shape index (κ3) is 4.78. The van der Waals surface area contributed by atoms with Gasteiger partial charge in [-0.05, 0) is 24.7 Å². The van der Waals surface area contributed by atoms with Gasteiger partial charge < -0.3 is 16.0 Å². The summed E-state index contributed by atoms with van der Waals surface area (Å²) < 4.78 is 0. The molecule has 1 rings (SSSR count). The summed E-state index contributed by atoms with van der Waals surface area (Å²) in [5, 5.41) is 2.67. The third-order valence-corrected chi connectivity index (χ3v) is 3.84. The van der Waals surface area contributed by atoms with E-state index in [2.05, 4.69) is 26.1 Å². The van der Waals surface area contributed by atoms with Gasteiger partial charge in [-0.1, -0.05) is 20.8 Å². The van der Waals surface area contributed by atoms with Crippen molar-refractivity contribution in [3.05, 3.63) is 0 Å². The molecule has 20 heavy (non-hydrogen) atoms. The standard InChI is InChI=1S/C15H29N3O2/c1-15(2,3)8-12(9-16)14(20)18-7-5-6-11(10-18)13(19)17-4/h11-12H,5-10,16H2,1-4H3,(H,17,19). The summed E-state index contributed by atoms with van der Waals surface area (Å²) in [5.41, 5.74) is 5.86. The number of nitrogens with zero attached hydrogens (tertiary/aromatic N) is 1. The number of nitrogens with one attached hydrogen (secondary N) is 1. The molecule has 5 heteroatoms. The molecule has 5 nitrogen and oxygen atoms in total. The SMILES string of the molecule is CNC(=O)C1CCCN(C(=O)C(CN)CC(C)(C)C)C1. The summed E-state index contributed by atoms with van der Waals surface area (Å²) in [6.45, 7) is 7.99. The fourth-order valence-corrected chi connectivity index (χ4v) is 2.86. The highest BCUT2D eigenvalue weighted by atomic mass is 16.2. The lowest BCUT2D eigenvalue weighted by atomic mass is 9.83. The van der Waals surface area contributed by atoms with Crippen molar-refractivity contribution < 1.29 is 9.59 Å². The first-order valence-corrected chi connectivity index (χ1v) is 7.49. The monoisotopic (exact) mass is 283 g/mol. The molecule has 0 spiro atoms. The minimum atomic E-state index is -0.140. The number of amides is 2. The van der Waals surface area contributed by atoms with Crippen molar-refractivity contribution >= 4 is 11.8 Å². The number of likely N-dealkylation sites (tertiary alicyclic amines) is 1. The first-order valence-electron chi connectivity index (χ1n) is 7.49. The first kappa shape index (κ1) is 17.0. The van der Waals surface area contributed by atoms with Gasteiger partial charge in [-0.15, -0.1) is 0 Å². The van der Waals surface area contributed by atoms with Crippen LogP contribution in [0.15, 0.2) is 0 Å². The number of carbonyl (C=O) groups excluding carboxylic acids is 2. The molecule has 2 unspecified atom stereocenters. The second kappa shape index (κ2) is 7.07. The van der Waals surface area contributed by atoms with E-state index in [0.29, 0.717) is 13.1 Å². The molecule has 3 N–H and O–H groups in total. The summed E-state index contributed by atoms with van der Waals surface area (Å²) in [6, 6.07) is 0. The number of carbonyl (C=O) groups is 2. The Morgan fingerprint density at radius 1 is 1.40 bits per heavy atom. The summed E-state index contributed by atoms with van der Waals surface area (Å²) >= 11 is 0. The normalized spacial score (nSPS) is 21.4. The highest BCUT2D eigenvalue weighted by molar-refractivity contribution is 5.82. The van der Waals surface area contributed by atoms with E-state index in [1.165, 1.54) is 0 Å². The van der Waals surface area contributed by atoms with Crippen LogP contribution in [-0.2, 0) is 9.59 Å². The van der Waals surface area contributed by atoms with Crippen LogP contribution < -0.4 is 11.1 Å². The number of hydrogen-bond donors (Lipinski definition) is 2. The molecular formula is C15H29N3O2. The fourth-order valence-electron chi connectivity index (χ4n) is 2.86. The van der Waals surface area contributed by atoms with Crippen molar-refractivity contribution in [2.24, 2.45) is 23.0 Å². The van der Waals surface area contributed by atoms with Crippen molar-refractivity contribution in [3.63, 3.8) is 0 Å². The largest absolute Gasteiger partial charge is 0.359 e. The summed E-state index contributed by atoms with van der Waals surface area (Å²) in [7, 11) is 1.64.